The van der Waals surface area contributed by atoms with Gasteiger partial charge in [-0.2, -0.15) is 0 Å². The molecule has 1 saturated heterocycles. The van der Waals surface area contributed by atoms with Crippen molar-refractivity contribution < 1.29 is 19.5 Å². The van der Waals surface area contributed by atoms with Gasteiger partial charge in [0, 0.05) is 0 Å². The maximum absolute atomic E-state index is 9.28. The summed E-state index contributed by atoms with van der Waals surface area (Å²) in [6, 6.07) is 15.8. The molecular formula is C30H40BBrO4. The molecule has 0 saturated carbocycles. The Morgan fingerprint density at radius 1 is 0.639 bits per heavy atom. The van der Waals surface area contributed by atoms with Crippen LogP contribution in [0.2, 0.25) is 0 Å². The predicted molar refractivity (Wildman–Crippen MR) is 154 cm³/mol. The van der Waals surface area contributed by atoms with Crippen LogP contribution < -0.4 is 5.46 Å². The number of aryl methyl sites for hydroxylation is 6. The fourth-order valence-corrected chi connectivity index (χ4v) is 4.45. The maximum Gasteiger partial charge on any atom is 0.495 e. The van der Waals surface area contributed by atoms with Crippen molar-refractivity contribution in [2.24, 2.45) is 0 Å². The quantitative estimate of drug-likeness (QED) is 0.308. The summed E-state index contributed by atoms with van der Waals surface area (Å²) in [7, 11) is -0.249. The highest BCUT2D eigenvalue weighted by molar-refractivity contribution is 9.10. The van der Waals surface area contributed by atoms with Gasteiger partial charge in [-0.1, -0.05) is 53.1 Å². The van der Waals surface area contributed by atoms with E-state index in [1.165, 1.54) is 16.7 Å². The molecule has 0 unspecified atom stereocenters. The zero-order valence-corrected chi connectivity index (χ0v) is 24.9. The van der Waals surface area contributed by atoms with E-state index in [0.29, 0.717) is 11.5 Å². The van der Waals surface area contributed by atoms with Crippen LogP contribution in [0.15, 0.2) is 53.0 Å². The van der Waals surface area contributed by atoms with Gasteiger partial charge >= 0.3 is 7.12 Å². The first-order valence-electron chi connectivity index (χ1n) is 12.2. The molecule has 0 aliphatic carbocycles. The molecule has 1 aliphatic heterocycles. The molecule has 0 atom stereocenters. The molecule has 1 fully saturated rings. The highest BCUT2D eigenvalue weighted by Gasteiger charge is 2.51. The van der Waals surface area contributed by atoms with Gasteiger partial charge in [-0.05, 0) is 119 Å². The first-order valence-corrected chi connectivity index (χ1v) is 13.0. The number of phenols is 2. The van der Waals surface area contributed by atoms with Gasteiger partial charge in [-0.3, -0.25) is 0 Å². The van der Waals surface area contributed by atoms with Gasteiger partial charge in [0.15, 0.2) is 0 Å². The highest BCUT2D eigenvalue weighted by Crippen LogP contribution is 2.36. The van der Waals surface area contributed by atoms with Crippen molar-refractivity contribution in [3.05, 3.63) is 86.4 Å². The molecule has 2 N–H and O–H groups in total. The Hall–Kier alpha value is -2.28. The lowest BCUT2D eigenvalue weighted by atomic mass is 9.76. The molecule has 194 valence electrons. The predicted octanol–water partition coefficient (Wildman–Crippen LogP) is 7.38. The van der Waals surface area contributed by atoms with Crippen LogP contribution in [-0.2, 0) is 9.31 Å². The van der Waals surface area contributed by atoms with Crippen LogP contribution in [0, 0.1) is 41.5 Å². The number of aromatic hydroxyl groups is 2. The average molecular weight is 555 g/mol. The minimum absolute atomic E-state index is 0.249. The molecule has 3 aromatic carbocycles. The molecule has 1 heterocycles. The van der Waals surface area contributed by atoms with E-state index in [4.69, 9.17) is 14.4 Å². The van der Waals surface area contributed by atoms with Crippen molar-refractivity contribution in [2.75, 3.05) is 0 Å². The van der Waals surface area contributed by atoms with Gasteiger partial charge in [-0.25, -0.2) is 0 Å². The summed E-state index contributed by atoms with van der Waals surface area (Å²) in [6.07, 6.45) is 0. The van der Waals surface area contributed by atoms with E-state index in [2.05, 4.69) is 75.7 Å². The maximum atomic E-state index is 9.28. The van der Waals surface area contributed by atoms with Crippen molar-refractivity contribution >= 4 is 28.5 Å². The summed E-state index contributed by atoms with van der Waals surface area (Å²) in [5.41, 5.74) is 7.28. The van der Waals surface area contributed by atoms with Gasteiger partial charge in [0.1, 0.15) is 11.5 Å². The smallest absolute Gasteiger partial charge is 0.495 e. The van der Waals surface area contributed by atoms with Crippen molar-refractivity contribution in [1.82, 2.24) is 0 Å². The van der Waals surface area contributed by atoms with Crippen molar-refractivity contribution in [3.63, 3.8) is 0 Å². The molecule has 3 aromatic rings. The Morgan fingerprint density at radius 3 is 1.56 bits per heavy atom. The molecular weight excluding hydrogens is 515 g/mol. The largest absolute Gasteiger partial charge is 0.508 e. The molecule has 6 heteroatoms. The van der Waals surface area contributed by atoms with Crippen LogP contribution in [0.3, 0.4) is 0 Å². The summed E-state index contributed by atoms with van der Waals surface area (Å²) < 4.78 is 12.9. The van der Waals surface area contributed by atoms with Gasteiger partial charge in [0.2, 0.25) is 0 Å². The summed E-state index contributed by atoms with van der Waals surface area (Å²) >= 11 is 3.25. The zero-order chi connectivity index (χ0) is 27.4. The topological polar surface area (TPSA) is 58.9 Å². The third-order valence-electron chi connectivity index (χ3n) is 6.68. The number of hydrogen-bond donors (Lipinski definition) is 2. The fourth-order valence-electron chi connectivity index (χ4n) is 3.77. The van der Waals surface area contributed by atoms with Crippen molar-refractivity contribution in [2.45, 2.75) is 80.4 Å². The highest BCUT2D eigenvalue weighted by atomic mass is 79.9. The Morgan fingerprint density at radius 2 is 1.11 bits per heavy atom. The van der Waals surface area contributed by atoms with Crippen LogP contribution in [0.1, 0.15) is 61.1 Å². The van der Waals surface area contributed by atoms with E-state index in [0.717, 1.165) is 26.6 Å². The molecule has 4 nitrogen and oxygen atoms in total. The summed E-state index contributed by atoms with van der Waals surface area (Å²) in [6.45, 7) is 20.3. The van der Waals surface area contributed by atoms with Crippen molar-refractivity contribution in [1.29, 1.82) is 0 Å². The van der Waals surface area contributed by atoms with E-state index in [1.807, 2.05) is 52.0 Å². The van der Waals surface area contributed by atoms with Crippen LogP contribution in [-0.4, -0.2) is 28.5 Å². The second kappa shape index (κ2) is 11.8. The van der Waals surface area contributed by atoms with Crippen molar-refractivity contribution in [3.8, 4) is 11.5 Å². The Kier molecular flexibility index (Phi) is 9.86. The Labute approximate surface area is 226 Å². The van der Waals surface area contributed by atoms with E-state index in [9.17, 15) is 5.11 Å². The lowest BCUT2D eigenvalue weighted by Crippen LogP contribution is -2.41. The molecule has 4 rings (SSSR count). The molecule has 1 aliphatic rings. The fraction of sp³-hybridized carbons (Fsp3) is 0.400. The number of halogens is 1. The van der Waals surface area contributed by atoms with Gasteiger partial charge in [0.25, 0.3) is 0 Å². The molecule has 36 heavy (non-hydrogen) atoms. The second-order valence-corrected chi connectivity index (χ2v) is 11.5. The van der Waals surface area contributed by atoms with Crippen LogP contribution in [0.5, 0.6) is 11.5 Å². The van der Waals surface area contributed by atoms with E-state index in [-0.39, 0.29) is 18.3 Å². The average Bonchev–Trinajstić information content (AvgIpc) is 2.96. The number of phenolic OH excluding ortho intramolecular Hbond substituents is 2. The Balaban J connectivity index is 0.000000205. The van der Waals surface area contributed by atoms with Gasteiger partial charge in [0.05, 0.1) is 15.7 Å². The molecule has 0 aromatic heterocycles. The molecule has 0 bridgehead atoms. The third-order valence-corrected chi connectivity index (χ3v) is 7.29. The Bertz CT molecular complexity index is 1160. The molecule has 0 radical (unpaired) electrons. The number of hydrogen-bond acceptors (Lipinski definition) is 4. The molecule has 0 spiro atoms. The third kappa shape index (κ3) is 7.61. The lowest BCUT2D eigenvalue weighted by Gasteiger charge is -2.32. The van der Waals surface area contributed by atoms with Gasteiger partial charge in [-0.15, -0.1) is 0 Å². The minimum Gasteiger partial charge on any atom is -0.508 e. The number of rotatable bonds is 1. The normalized spacial score (nSPS) is 15.5. The summed E-state index contributed by atoms with van der Waals surface area (Å²) in [4.78, 5) is 0. The van der Waals surface area contributed by atoms with E-state index >= 15 is 0 Å². The minimum atomic E-state index is -0.269. The molecule has 0 amide bonds. The SMILES string of the molecule is Cc1cc(C)c(O)c(Br)c1.Cc1ccc(B2OC(C)(C)C(C)(C)O2)c(C)c1.Cc1ccc(O)c(C)c1. The monoisotopic (exact) mass is 554 g/mol. The zero-order valence-electron chi connectivity index (χ0n) is 23.3. The first kappa shape index (κ1) is 30.0. The van der Waals surface area contributed by atoms with Gasteiger partial charge < -0.3 is 19.5 Å². The first-order chi connectivity index (χ1) is 16.5. The second-order valence-electron chi connectivity index (χ2n) is 10.7. The van der Waals surface area contributed by atoms with Crippen LogP contribution in [0.4, 0.5) is 0 Å². The lowest BCUT2D eigenvalue weighted by molar-refractivity contribution is 0.00578. The number of benzene rings is 3. The van der Waals surface area contributed by atoms with E-state index in [1.54, 1.807) is 6.07 Å². The van der Waals surface area contributed by atoms with Crippen LogP contribution >= 0.6 is 15.9 Å². The standard InChI is InChI=1S/C14H21BO2.C8H9BrO.C8H10O/c1-10-7-8-12(11(2)9-10)15-16-13(3,4)14(5,6)17-15;1-5-3-6(2)8(10)7(9)4-5;1-6-3-4-8(9)7(2)5-6/h7-9H,1-6H3;3-4,10H,1-2H3;3-5,9H,1-2H3. The van der Waals surface area contributed by atoms with Crippen LogP contribution in [0.25, 0.3) is 0 Å². The summed E-state index contributed by atoms with van der Waals surface area (Å²) in [5, 5.41) is 18.3. The van der Waals surface area contributed by atoms with E-state index < -0.39 is 0 Å². The summed E-state index contributed by atoms with van der Waals surface area (Å²) in [5.74, 6) is 0.714.